The van der Waals surface area contributed by atoms with Crippen LogP contribution >= 0.6 is 23.1 Å². The second-order valence-corrected chi connectivity index (χ2v) is 5.02. The van der Waals surface area contributed by atoms with Crippen molar-refractivity contribution in [3.8, 4) is 0 Å². The first-order chi connectivity index (χ1) is 5.92. The summed E-state index contributed by atoms with van der Waals surface area (Å²) in [6.07, 6.45) is 0. The minimum Gasteiger partial charge on any atom is -0.354 e. The van der Waals surface area contributed by atoms with Gasteiger partial charge in [-0.2, -0.15) is 4.37 Å². The van der Waals surface area contributed by atoms with Crippen molar-refractivity contribution < 1.29 is 0 Å². The number of nitrogens with zero attached hydrogens (tertiary/aromatic N) is 2. The third-order valence-electron chi connectivity index (χ3n) is 1.95. The molecule has 1 rings (SSSR count). The number of hydrogen-bond acceptors (Lipinski definition) is 4. The molecule has 0 saturated heterocycles. The molecule has 3 nitrogen and oxygen atoms in total. The van der Waals surface area contributed by atoms with E-state index < -0.39 is 0 Å². The lowest BCUT2D eigenvalue weighted by Crippen LogP contribution is -2.38. The van der Waals surface area contributed by atoms with Gasteiger partial charge in [0.2, 0.25) is 5.13 Å². The van der Waals surface area contributed by atoms with Crippen LogP contribution in [0.15, 0.2) is 0 Å². The fraction of sp³-hybridized carbons (Fsp3) is 0.750. The number of anilines is 1. The van der Waals surface area contributed by atoms with Gasteiger partial charge in [-0.1, -0.05) is 0 Å². The highest BCUT2D eigenvalue weighted by Gasteiger charge is 2.24. The van der Waals surface area contributed by atoms with Gasteiger partial charge in [0.1, 0.15) is 5.82 Å². The van der Waals surface area contributed by atoms with Crippen molar-refractivity contribution in [3.63, 3.8) is 0 Å². The lowest BCUT2D eigenvalue weighted by molar-refractivity contribution is 0.554. The van der Waals surface area contributed by atoms with Gasteiger partial charge in [-0.15, -0.1) is 11.6 Å². The van der Waals surface area contributed by atoms with E-state index in [-0.39, 0.29) is 10.9 Å². The predicted molar refractivity (Wildman–Crippen MR) is 57.7 cm³/mol. The zero-order chi connectivity index (χ0) is 10.1. The van der Waals surface area contributed by atoms with E-state index in [1.165, 1.54) is 11.5 Å². The molecule has 13 heavy (non-hydrogen) atoms. The maximum Gasteiger partial charge on any atom is 0.203 e. The van der Waals surface area contributed by atoms with Crippen LogP contribution in [0.2, 0.25) is 0 Å². The molecule has 0 amide bonds. The monoisotopic (exact) mass is 219 g/mol. The molecule has 0 spiro atoms. The fourth-order valence-electron chi connectivity index (χ4n) is 0.723. The molecule has 0 aliphatic carbocycles. The van der Waals surface area contributed by atoms with E-state index in [0.717, 1.165) is 11.0 Å². The van der Waals surface area contributed by atoms with Crippen molar-refractivity contribution in [2.24, 2.45) is 0 Å². The van der Waals surface area contributed by atoms with Crippen molar-refractivity contribution in [1.29, 1.82) is 0 Å². The molecular weight excluding hydrogens is 206 g/mol. The molecule has 0 saturated carbocycles. The van der Waals surface area contributed by atoms with E-state index in [1.54, 1.807) is 0 Å². The Balaban J connectivity index is 2.68. The molecule has 0 radical (unpaired) electrons. The summed E-state index contributed by atoms with van der Waals surface area (Å²) in [6.45, 7) is 7.92. The summed E-state index contributed by atoms with van der Waals surface area (Å²) in [5.41, 5.74) is -0.159. The van der Waals surface area contributed by atoms with Crippen molar-refractivity contribution in [3.05, 3.63) is 5.82 Å². The topological polar surface area (TPSA) is 37.8 Å². The van der Waals surface area contributed by atoms with Crippen LogP contribution in [0.3, 0.4) is 0 Å². The molecule has 1 unspecified atom stereocenters. The quantitative estimate of drug-likeness (QED) is 0.795. The van der Waals surface area contributed by atoms with Crippen molar-refractivity contribution in [1.82, 2.24) is 9.36 Å². The summed E-state index contributed by atoms with van der Waals surface area (Å²) in [7, 11) is 0. The van der Waals surface area contributed by atoms with Gasteiger partial charge < -0.3 is 5.32 Å². The molecule has 1 N–H and O–H groups in total. The predicted octanol–water partition coefficient (Wildman–Crippen LogP) is 2.66. The minimum atomic E-state index is -0.159. The fourth-order valence-corrected chi connectivity index (χ4v) is 1.52. The Bertz CT molecular complexity index is 283. The summed E-state index contributed by atoms with van der Waals surface area (Å²) >= 11 is 7.38. The smallest absolute Gasteiger partial charge is 0.203 e. The summed E-state index contributed by atoms with van der Waals surface area (Å²) in [6, 6.07) is 0. The normalized spacial score (nSPS) is 14.2. The summed E-state index contributed by atoms with van der Waals surface area (Å²) in [5.74, 6) is 0.797. The van der Waals surface area contributed by atoms with Crippen LogP contribution in [0.5, 0.6) is 0 Å². The third-order valence-corrected chi connectivity index (χ3v) is 3.22. The number of alkyl halides is 1. The van der Waals surface area contributed by atoms with Gasteiger partial charge in [-0.3, -0.25) is 0 Å². The van der Waals surface area contributed by atoms with Crippen molar-refractivity contribution >= 4 is 28.3 Å². The van der Waals surface area contributed by atoms with Gasteiger partial charge >= 0.3 is 0 Å². The molecule has 5 heteroatoms. The second kappa shape index (κ2) is 3.80. The van der Waals surface area contributed by atoms with Gasteiger partial charge in [0, 0.05) is 11.5 Å². The summed E-state index contributed by atoms with van der Waals surface area (Å²) in [5, 5.41) is 4.12. The van der Waals surface area contributed by atoms with Crippen LogP contribution in [-0.2, 0) is 0 Å². The standard InChI is InChI=1S/C8H14ClN3S/c1-5(9)8(3,4)11-7-10-6(2)12-13-7/h5H,1-4H3,(H,10,11,12). The zero-order valence-electron chi connectivity index (χ0n) is 8.26. The SMILES string of the molecule is Cc1nsc(NC(C)(C)C(C)Cl)n1. The highest BCUT2D eigenvalue weighted by molar-refractivity contribution is 7.09. The Hall–Kier alpha value is -0.350. The Labute approximate surface area is 87.7 Å². The van der Waals surface area contributed by atoms with Gasteiger partial charge in [0.15, 0.2) is 0 Å². The van der Waals surface area contributed by atoms with E-state index in [1.807, 2.05) is 27.7 Å². The number of rotatable bonds is 3. The van der Waals surface area contributed by atoms with Crippen LogP contribution < -0.4 is 5.32 Å². The average Bonchev–Trinajstić information content (AvgIpc) is 2.34. The molecular formula is C8H14ClN3S. The maximum absolute atomic E-state index is 6.02. The Kier molecular flexibility index (Phi) is 3.14. The first kappa shape index (κ1) is 10.7. The molecule has 0 aromatic carbocycles. The number of halogens is 1. The summed E-state index contributed by atoms with van der Waals surface area (Å²) < 4.78 is 4.09. The average molecular weight is 220 g/mol. The molecule has 0 fully saturated rings. The Morgan fingerprint density at radius 2 is 2.15 bits per heavy atom. The van der Waals surface area contributed by atoms with Gasteiger partial charge in [-0.05, 0) is 27.7 Å². The maximum atomic E-state index is 6.02. The van der Waals surface area contributed by atoms with E-state index in [4.69, 9.17) is 11.6 Å². The van der Waals surface area contributed by atoms with Gasteiger partial charge in [-0.25, -0.2) is 4.98 Å². The molecule has 0 aliphatic heterocycles. The van der Waals surface area contributed by atoms with Crippen LogP contribution in [-0.4, -0.2) is 20.3 Å². The van der Waals surface area contributed by atoms with Crippen molar-refractivity contribution in [2.75, 3.05) is 5.32 Å². The Morgan fingerprint density at radius 3 is 2.54 bits per heavy atom. The van der Waals surface area contributed by atoms with Gasteiger partial charge in [0.05, 0.1) is 10.9 Å². The minimum absolute atomic E-state index is 0.0386. The van der Waals surface area contributed by atoms with E-state index in [0.29, 0.717) is 0 Å². The van der Waals surface area contributed by atoms with Crippen molar-refractivity contribution in [2.45, 2.75) is 38.6 Å². The van der Waals surface area contributed by atoms with Crippen LogP contribution in [0.25, 0.3) is 0 Å². The zero-order valence-corrected chi connectivity index (χ0v) is 9.83. The summed E-state index contributed by atoms with van der Waals surface area (Å²) in [4.78, 5) is 4.22. The van der Waals surface area contributed by atoms with Crippen LogP contribution in [0, 0.1) is 6.92 Å². The van der Waals surface area contributed by atoms with Crippen LogP contribution in [0.4, 0.5) is 5.13 Å². The number of aryl methyl sites for hydroxylation is 1. The van der Waals surface area contributed by atoms with E-state index >= 15 is 0 Å². The molecule has 1 aromatic rings. The first-order valence-corrected chi connectivity index (χ1v) is 5.35. The third kappa shape index (κ3) is 2.81. The highest BCUT2D eigenvalue weighted by atomic mass is 35.5. The first-order valence-electron chi connectivity index (χ1n) is 4.14. The van der Waals surface area contributed by atoms with E-state index in [2.05, 4.69) is 14.7 Å². The lowest BCUT2D eigenvalue weighted by atomic mass is 10.0. The molecule has 0 aliphatic rings. The van der Waals surface area contributed by atoms with E-state index in [9.17, 15) is 0 Å². The molecule has 74 valence electrons. The lowest BCUT2D eigenvalue weighted by Gasteiger charge is -2.28. The molecule has 1 heterocycles. The second-order valence-electron chi connectivity index (χ2n) is 3.61. The number of aromatic nitrogens is 2. The highest BCUT2D eigenvalue weighted by Crippen LogP contribution is 2.22. The molecule has 0 bridgehead atoms. The number of hydrogen-bond donors (Lipinski definition) is 1. The Morgan fingerprint density at radius 1 is 1.54 bits per heavy atom. The van der Waals surface area contributed by atoms with Gasteiger partial charge in [0.25, 0.3) is 0 Å². The molecule has 1 atom stereocenters. The number of nitrogens with one attached hydrogen (secondary N) is 1. The largest absolute Gasteiger partial charge is 0.354 e. The molecule has 1 aromatic heterocycles. The van der Waals surface area contributed by atoms with Crippen LogP contribution in [0.1, 0.15) is 26.6 Å².